The highest BCUT2D eigenvalue weighted by molar-refractivity contribution is 9.10. The molecular weight excluding hydrogens is 358 g/mol. The molecular formula is C13H12BrN3O3S. The number of carboxylic acid groups (broad SMARTS) is 1. The van der Waals surface area contributed by atoms with Crippen LogP contribution in [0.15, 0.2) is 38.9 Å². The number of carbonyl (C=O) groups is 2. The van der Waals surface area contributed by atoms with Crippen LogP contribution in [-0.2, 0) is 9.59 Å². The summed E-state index contributed by atoms with van der Waals surface area (Å²) in [6.07, 6.45) is -0.231. The first-order chi connectivity index (χ1) is 9.95. The van der Waals surface area contributed by atoms with Gasteiger partial charge in [-0.2, -0.15) is 5.10 Å². The third-order valence-electron chi connectivity index (χ3n) is 2.69. The lowest BCUT2D eigenvalue weighted by molar-refractivity contribution is -0.138. The van der Waals surface area contributed by atoms with E-state index in [0.717, 1.165) is 21.8 Å². The normalized spacial score (nSPS) is 20.7. The zero-order valence-corrected chi connectivity index (χ0v) is 13.4. The van der Waals surface area contributed by atoms with Crippen molar-refractivity contribution in [3.63, 3.8) is 0 Å². The van der Waals surface area contributed by atoms with E-state index in [9.17, 15) is 9.59 Å². The van der Waals surface area contributed by atoms with Gasteiger partial charge in [0, 0.05) is 4.47 Å². The van der Waals surface area contributed by atoms with Crippen molar-refractivity contribution < 1.29 is 14.7 Å². The molecule has 1 atom stereocenters. The Kier molecular flexibility index (Phi) is 5.13. The minimum atomic E-state index is -1.02. The number of amidine groups is 1. The van der Waals surface area contributed by atoms with Gasteiger partial charge in [-0.1, -0.05) is 39.8 Å². The molecule has 2 N–H and O–H groups in total. The molecule has 0 radical (unpaired) electrons. The fourth-order valence-electron chi connectivity index (χ4n) is 1.61. The van der Waals surface area contributed by atoms with Crippen molar-refractivity contribution in [3.8, 4) is 0 Å². The molecule has 0 bridgehead atoms. The second-order valence-corrected chi connectivity index (χ2v) is 6.40. The molecule has 110 valence electrons. The average molecular weight is 370 g/mol. The molecule has 0 aliphatic carbocycles. The maximum atomic E-state index is 11.5. The van der Waals surface area contributed by atoms with Crippen molar-refractivity contribution in [2.75, 3.05) is 0 Å². The number of carbonyl (C=O) groups excluding carboxylic acids is 1. The van der Waals surface area contributed by atoms with E-state index in [4.69, 9.17) is 5.11 Å². The van der Waals surface area contributed by atoms with Crippen LogP contribution in [0.3, 0.4) is 0 Å². The van der Waals surface area contributed by atoms with Crippen molar-refractivity contribution in [3.05, 3.63) is 34.3 Å². The molecule has 8 heteroatoms. The van der Waals surface area contributed by atoms with Crippen molar-refractivity contribution >= 4 is 50.4 Å². The smallest absolute Gasteiger partial charge is 0.305 e. The SMILES string of the molecule is CC(=N/N=C1/NC(=O)[C@H](CC(=O)O)S1)c1ccc(Br)cc1. The van der Waals surface area contributed by atoms with Gasteiger partial charge >= 0.3 is 5.97 Å². The first-order valence-corrected chi connectivity index (χ1v) is 7.70. The Morgan fingerprint density at radius 3 is 2.71 bits per heavy atom. The summed E-state index contributed by atoms with van der Waals surface area (Å²) in [4.78, 5) is 22.2. The molecule has 1 aromatic rings. The number of hydrogen-bond donors (Lipinski definition) is 2. The number of carboxylic acids is 1. The van der Waals surface area contributed by atoms with Crippen LogP contribution in [-0.4, -0.2) is 33.1 Å². The number of aliphatic carboxylic acids is 1. The Hall–Kier alpha value is -1.67. The summed E-state index contributed by atoms with van der Waals surface area (Å²) in [5, 5.41) is 18.9. The van der Waals surface area contributed by atoms with Crippen molar-refractivity contribution in [2.45, 2.75) is 18.6 Å². The number of halogens is 1. The highest BCUT2D eigenvalue weighted by atomic mass is 79.9. The zero-order valence-electron chi connectivity index (χ0n) is 11.0. The Balaban J connectivity index is 2.07. The van der Waals surface area contributed by atoms with Gasteiger partial charge in [0.25, 0.3) is 0 Å². The Bertz CT molecular complexity index is 628. The van der Waals surface area contributed by atoms with Crippen molar-refractivity contribution in [1.29, 1.82) is 0 Å². The molecule has 1 heterocycles. The van der Waals surface area contributed by atoms with E-state index in [1.807, 2.05) is 31.2 Å². The fourth-order valence-corrected chi connectivity index (χ4v) is 2.79. The molecule has 1 fully saturated rings. The molecule has 21 heavy (non-hydrogen) atoms. The molecule has 0 saturated carbocycles. The third kappa shape index (κ3) is 4.40. The van der Waals surface area contributed by atoms with Gasteiger partial charge in [0.2, 0.25) is 5.91 Å². The van der Waals surface area contributed by atoms with Crippen LogP contribution in [0.25, 0.3) is 0 Å². The lowest BCUT2D eigenvalue weighted by Gasteiger charge is -1.99. The van der Waals surface area contributed by atoms with Gasteiger partial charge in [0.05, 0.1) is 12.1 Å². The maximum Gasteiger partial charge on any atom is 0.305 e. The molecule has 1 amide bonds. The Morgan fingerprint density at radius 1 is 1.43 bits per heavy atom. The van der Waals surface area contributed by atoms with Gasteiger partial charge in [0.15, 0.2) is 5.17 Å². The number of hydrogen-bond acceptors (Lipinski definition) is 5. The lowest BCUT2D eigenvalue weighted by Crippen LogP contribution is -2.26. The van der Waals surface area contributed by atoms with E-state index < -0.39 is 11.2 Å². The summed E-state index contributed by atoms with van der Waals surface area (Å²) in [7, 11) is 0. The first kappa shape index (κ1) is 15.7. The Morgan fingerprint density at radius 2 is 2.10 bits per heavy atom. The second kappa shape index (κ2) is 6.86. The predicted molar refractivity (Wildman–Crippen MR) is 85.6 cm³/mol. The number of nitrogens with one attached hydrogen (secondary N) is 1. The van der Waals surface area contributed by atoms with Crippen molar-refractivity contribution in [2.24, 2.45) is 10.2 Å². The fraction of sp³-hybridized carbons (Fsp3) is 0.231. The van der Waals surface area contributed by atoms with E-state index in [2.05, 4.69) is 31.4 Å². The molecule has 1 saturated heterocycles. The summed E-state index contributed by atoms with van der Waals surface area (Å²) in [6, 6.07) is 7.60. The molecule has 1 aliphatic heterocycles. The topological polar surface area (TPSA) is 91.1 Å². The lowest BCUT2D eigenvalue weighted by atomic mass is 10.1. The zero-order chi connectivity index (χ0) is 15.4. The second-order valence-electron chi connectivity index (χ2n) is 4.29. The van der Waals surface area contributed by atoms with Crippen LogP contribution < -0.4 is 5.32 Å². The number of benzene rings is 1. The van der Waals surface area contributed by atoms with E-state index >= 15 is 0 Å². The molecule has 0 spiro atoms. The summed E-state index contributed by atoms with van der Waals surface area (Å²) >= 11 is 4.43. The van der Waals surface area contributed by atoms with Crippen LogP contribution in [0.2, 0.25) is 0 Å². The highest BCUT2D eigenvalue weighted by Crippen LogP contribution is 2.22. The number of rotatable bonds is 4. The molecule has 0 unspecified atom stereocenters. The van der Waals surface area contributed by atoms with Gasteiger partial charge in [-0.15, -0.1) is 5.10 Å². The summed E-state index contributed by atoms with van der Waals surface area (Å²) in [5.74, 6) is -1.36. The minimum absolute atomic E-state index is 0.231. The number of nitrogens with zero attached hydrogens (tertiary/aromatic N) is 2. The molecule has 6 nitrogen and oxygen atoms in total. The van der Waals surface area contributed by atoms with Gasteiger partial charge in [-0.3, -0.25) is 9.59 Å². The molecule has 1 aliphatic rings. The van der Waals surface area contributed by atoms with Gasteiger partial charge in [0.1, 0.15) is 5.25 Å². The van der Waals surface area contributed by atoms with Gasteiger partial charge < -0.3 is 10.4 Å². The third-order valence-corrected chi connectivity index (χ3v) is 4.29. The minimum Gasteiger partial charge on any atom is -0.481 e. The molecule has 0 aromatic heterocycles. The summed E-state index contributed by atoms with van der Waals surface area (Å²) in [6.45, 7) is 1.81. The molecule has 2 rings (SSSR count). The number of thioether (sulfide) groups is 1. The maximum absolute atomic E-state index is 11.5. The summed E-state index contributed by atoms with van der Waals surface area (Å²) < 4.78 is 0.973. The number of amides is 1. The van der Waals surface area contributed by atoms with Crippen LogP contribution >= 0.6 is 27.7 Å². The van der Waals surface area contributed by atoms with E-state index in [1.54, 1.807) is 0 Å². The first-order valence-electron chi connectivity index (χ1n) is 6.03. The quantitative estimate of drug-likeness (QED) is 0.628. The van der Waals surface area contributed by atoms with Crippen LogP contribution in [0, 0.1) is 0 Å². The van der Waals surface area contributed by atoms with E-state index in [0.29, 0.717) is 10.9 Å². The van der Waals surface area contributed by atoms with Crippen LogP contribution in [0.4, 0.5) is 0 Å². The molecule has 1 aromatic carbocycles. The van der Waals surface area contributed by atoms with Crippen LogP contribution in [0.1, 0.15) is 18.9 Å². The van der Waals surface area contributed by atoms with Crippen molar-refractivity contribution in [1.82, 2.24) is 5.32 Å². The van der Waals surface area contributed by atoms with E-state index in [1.165, 1.54) is 0 Å². The standard InChI is InChI=1S/C13H12BrN3O3S/c1-7(8-2-4-9(14)5-3-8)16-17-13-15-12(20)10(21-13)6-11(18)19/h2-5,10H,6H2,1H3,(H,18,19)(H,15,17,20)/t10-/m0/s1. The highest BCUT2D eigenvalue weighted by Gasteiger charge is 2.32. The van der Waals surface area contributed by atoms with Crippen LogP contribution in [0.5, 0.6) is 0 Å². The monoisotopic (exact) mass is 369 g/mol. The van der Waals surface area contributed by atoms with Gasteiger partial charge in [-0.05, 0) is 24.6 Å². The Labute approximate surface area is 133 Å². The average Bonchev–Trinajstić information content (AvgIpc) is 2.77. The largest absolute Gasteiger partial charge is 0.481 e. The summed E-state index contributed by atoms with van der Waals surface area (Å²) in [5.41, 5.74) is 1.62. The van der Waals surface area contributed by atoms with E-state index in [-0.39, 0.29) is 12.3 Å². The predicted octanol–water partition coefficient (Wildman–Crippen LogP) is 2.24. The van der Waals surface area contributed by atoms with Gasteiger partial charge in [-0.25, -0.2) is 0 Å².